The Bertz CT molecular complexity index is 1060. The number of hydrogen-bond donors (Lipinski definition) is 2. The van der Waals surface area contributed by atoms with Gasteiger partial charge in [-0.2, -0.15) is 0 Å². The fourth-order valence-electron chi connectivity index (χ4n) is 2.96. The molecule has 0 aliphatic carbocycles. The normalized spacial score (nSPS) is 10.8. The standard InChI is InChI=1S/C21H18N4/c1-14-8-2-5-11-17(14)23-18-12-6-3-9-15(18)20-16-10-4-7-13-19(16)24-21(22)25-20/h2-13,23H,1H3,(H2,22,24,25). The van der Waals surface area contributed by atoms with Crippen molar-refractivity contribution in [2.45, 2.75) is 6.92 Å². The topological polar surface area (TPSA) is 63.8 Å². The van der Waals surface area contributed by atoms with E-state index < -0.39 is 0 Å². The molecule has 0 saturated carbocycles. The molecular formula is C21H18N4. The summed E-state index contributed by atoms with van der Waals surface area (Å²) < 4.78 is 0. The zero-order valence-electron chi connectivity index (χ0n) is 13.9. The van der Waals surface area contributed by atoms with Crippen LogP contribution in [0, 0.1) is 6.92 Å². The van der Waals surface area contributed by atoms with Crippen LogP contribution in [0.3, 0.4) is 0 Å². The summed E-state index contributed by atoms with van der Waals surface area (Å²) in [7, 11) is 0. The molecule has 4 aromatic rings. The van der Waals surface area contributed by atoms with Crippen LogP contribution in [-0.4, -0.2) is 9.97 Å². The second kappa shape index (κ2) is 6.24. The number of para-hydroxylation sites is 3. The zero-order chi connectivity index (χ0) is 17.2. The first-order valence-corrected chi connectivity index (χ1v) is 8.17. The molecule has 3 N–H and O–H groups in total. The van der Waals surface area contributed by atoms with E-state index in [1.54, 1.807) is 0 Å². The summed E-state index contributed by atoms with van der Waals surface area (Å²) >= 11 is 0. The summed E-state index contributed by atoms with van der Waals surface area (Å²) in [4.78, 5) is 8.86. The SMILES string of the molecule is Cc1ccccc1Nc1ccccc1-c1nc(N)nc2ccccc12. The van der Waals surface area contributed by atoms with Crippen molar-refractivity contribution in [1.29, 1.82) is 0 Å². The number of anilines is 3. The van der Waals surface area contributed by atoms with Crippen LogP contribution in [0.1, 0.15) is 5.56 Å². The molecular weight excluding hydrogens is 308 g/mol. The van der Waals surface area contributed by atoms with E-state index in [0.29, 0.717) is 0 Å². The third-order valence-electron chi connectivity index (χ3n) is 4.22. The molecule has 25 heavy (non-hydrogen) atoms. The number of rotatable bonds is 3. The number of nitrogens with two attached hydrogens (primary N) is 1. The number of nitrogens with one attached hydrogen (secondary N) is 1. The van der Waals surface area contributed by atoms with E-state index in [1.807, 2.05) is 48.5 Å². The van der Waals surface area contributed by atoms with Gasteiger partial charge >= 0.3 is 0 Å². The first kappa shape index (κ1) is 15.1. The van der Waals surface area contributed by atoms with E-state index >= 15 is 0 Å². The van der Waals surface area contributed by atoms with Gasteiger partial charge in [-0.05, 0) is 30.7 Å². The Kier molecular flexibility index (Phi) is 3.78. The van der Waals surface area contributed by atoms with E-state index in [1.165, 1.54) is 5.56 Å². The molecule has 4 rings (SSSR count). The lowest BCUT2D eigenvalue weighted by molar-refractivity contribution is 1.24. The highest BCUT2D eigenvalue weighted by Crippen LogP contribution is 2.34. The molecule has 0 aliphatic rings. The molecule has 1 aromatic heterocycles. The third-order valence-corrected chi connectivity index (χ3v) is 4.22. The average molecular weight is 326 g/mol. The molecule has 0 unspecified atom stereocenters. The van der Waals surface area contributed by atoms with Crippen molar-refractivity contribution in [2.24, 2.45) is 0 Å². The molecule has 0 fully saturated rings. The molecule has 4 nitrogen and oxygen atoms in total. The molecule has 3 aromatic carbocycles. The van der Waals surface area contributed by atoms with Crippen LogP contribution >= 0.6 is 0 Å². The maximum absolute atomic E-state index is 5.95. The first-order valence-electron chi connectivity index (χ1n) is 8.17. The summed E-state index contributed by atoms with van der Waals surface area (Å²) in [6.07, 6.45) is 0. The zero-order valence-corrected chi connectivity index (χ0v) is 13.9. The molecule has 4 heteroatoms. The van der Waals surface area contributed by atoms with Crippen molar-refractivity contribution in [1.82, 2.24) is 9.97 Å². The number of fused-ring (bicyclic) bond motifs is 1. The van der Waals surface area contributed by atoms with Gasteiger partial charge in [0.2, 0.25) is 5.95 Å². The summed E-state index contributed by atoms with van der Waals surface area (Å²) in [5.41, 5.74) is 11.9. The average Bonchev–Trinajstić information content (AvgIpc) is 2.63. The van der Waals surface area contributed by atoms with Crippen LogP contribution in [0.5, 0.6) is 0 Å². The number of aromatic nitrogens is 2. The Morgan fingerprint density at radius 2 is 1.44 bits per heavy atom. The second-order valence-corrected chi connectivity index (χ2v) is 5.93. The van der Waals surface area contributed by atoms with Gasteiger partial charge in [-0.15, -0.1) is 0 Å². The van der Waals surface area contributed by atoms with Crippen molar-refractivity contribution >= 4 is 28.2 Å². The largest absolute Gasteiger partial charge is 0.368 e. The molecule has 0 saturated heterocycles. The number of benzene rings is 3. The first-order chi connectivity index (χ1) is 12.2. The van der Waals surface area contributed by atoms with Crippen LogP contribution < -0.4 is 11.1 Å². The fourth-order valence-corrected chi connectivity index (χ4v) is 2.96. The summed E-state index contributed by atoms with van der Waals surface area (Å²) in [6, 6.07) is 24.2. The maximum atomic E-state index is 5.95. The minimum absolute atomic E-state index is 0.277. The van der Waals surface area contributed by atoms with E-state index in [-0.39, 0.29) is 5.95 Å². The molecule has 0 spiro atoms. The number of nitrogen functional groups attached to an aromatic ring is 1. The van der Waals surface area contributed by atoms with Gasteiger partial charge in [0.15, 0.2) is 0 Å². The molecule has 122 valence electrons. The smallest absolute Gasteiger partial charge is 0.221 e. The van der Waals surface area contributed by atoms with Crippen molar-refractivity contribution in [3.63, 3.8) is 0 Å². The third kappa shape index (κ3) is 2.90. The minimum atomic E-state index is 0.277. The van der Waals surface area contributed by atoms with Crippen LogP contribution in [0.15, 0.2) is 72.8 Å². The Hall–Kier alpha value is -3.40. The van der Waals surface area contributed by atoms with Gasteiger partial charge in [-0.25, -0.2) is 9.97 Å². The van der Waals surface area contributed by atoms with Crippen LogP contribution in [0.2, 0.25) is 0 Å². The highest BCUT2D eigenvalue weighted by molar-refractivity contribution is 5.96. The Labute approximate surface area is 146 Å². The molecule has 0 radical (unpaired) electrons. The predicted octanol–water partition coefficient (Wildman–Crippen LogP) is 4.93. The van der Waals surface area contributed by atoms with E-state index in [4.69, 9.17) is 5.73 Å². The van der Waals surface area contributed by atoms with Crippen LogP contribution in [0.25, 0.3) is 22.2 Å². The number of hydrogen-bond acceptors (Lipinski definition) is 4. The van der Waals surface area contributed by atoms with Gasteiger partial charge in [0.25, 0.3) is 0 Å². The summed E-state index contributed by atoms with van der Waals surface area (Å²) in [5, 5.41) is 4.50. The van der Waals surface area contributed by atoms with Gasteiger partial charge in [0.05, 0.1) is 11.2 Å². The van der Waals surface area contributed by atoms with Crippen molar-refractivity contribution in [3.8, 4) is 11.3 Å². The maximum Gasteiger partial charge on any atom is 0.221 e. The number of aryl methyl sites for hydroxylation is 1. The van der Waals surface area contributed by atoms with Gasteiger partial charge < -0.3 is 11.1 Å². The van der Waals surface area contributed by atoms with E-state index in [0.717, 1.165) is 33.5 Å². The molecule has 1 heterocycles. The van der Waals surface area contributed by atoms with Crippen LogP contribution in [0.4, 0.5) is 17.3 Å². The van der Waals surface area contributed by atoms with Crippen molar-refractivity contribution < 1.29 is 0 Å². The van der Waals surface area contributed by atoms with Crippen molar-refractivity contribution in [3.05, 3.63) is 78.4 Å². The number of nitrogens with zero attached hydrogens (tertiary/aromatic N) is 2. The predicted molar refractivity (Wildman–Crippen MR) is 104 cm³/mol. The van der Waals surface area contributed by atoms with Gasteiger partial charge in [-0.3, -0.25) is 0 Å². The molecule has 0 bridgehead atoms. The quantitative estimate of drug-likeness (QED) is 0.560. The van der Waals surface area contributed by atoms with Gasteiger partial charge in [0.1, 0.15) is 0 Å². The second-order valence-electron chi connectivity index (χ2n) is 5.93. The summed E-state index contributed by atoms with van der Waals surface area (Å²) in [5.74, 6) is 0.277. The molecule has 0 amide bonds. The monoisotopic (exact) mass is 326 g/mol. The Morgan fingerprint density at radius 3 is 2.28 bits per heavy atom. The fraction of sp³-hybridized carbons (Fsp3) is 0.0476. The van der Waals surface area contributed by atoms with Gasteiger partial charge in [0, 0.05) is 22.3 Å². The van der Waals surface area contributed by atoms with Crippen molar-refractivity contribution in [2.75, 3.05) is 11.1 Å². The molecule has 0 atom stereocenters. The Balaban J connectivity index is 1.89. The Morgan fingerprint density at radius 1 is 0.760 bits per heavy atom. The van der Waals surface area contributed by atoms with E-state index in [2.05, 4.69) is 46.5 Å². The van der Waals surface area contributed by atoms with Gasteiger partial charge in [-0.1, -0.05) is 54.6 Å². The highest BCUT2D eigenvalue weighted by atomic mass is 15.0. The highest BCUT2D eigenvalue weighted by Gasteiger charge is 2.12. The molecule has 0 aliphatic heterocycles. The lowest BCUT2D eigenvalue weighted by Crippen LogP contribution is -2.00. The minimum Gasteiger partial charge on any atom is -0.368 e. The lowest BCUT2D eigenvalue weighted by atomic mass is 10.0. The lowest BCUT2D eigenvalue weighted by Gasteiger charge is -2.15. The van der Waals surface area contributed by atoms with E-state index in [9.17, 15) is 0 Å². The van der Waals surface area contributed by atoms with Crippen LogP contribution in [-0.2, 0) is 0 Å². The summed E-state index contributed by atoms with van der Waals surface area (Å²) in [6.45, 7) is 2.09.